The van der Waals surface area contributed by atoms with Crippen LogP contribution in [0, 0.1) is 17.3 Å². The Balaban J connectivity index is 2.11. The first-order valence-electron chi connectivity index (χ1n) is 5.95. The van der Waals surface area contributed by atoms with Crippen molar-refractivity contribution in [2.75, 3.05) is 6.54 Å². The molecule has 3 rings (SSSR count). The predicted octanol–water partition coefficient (Wildman–Crippen LogP) is 2.34. The molecule has 1 unspecified atom stereocenters. The van der Waals surface area contributed by atoms with Crippen LogP contribution >= 0.6 is 0 Å². The highest BCUT2D eigenvalue weighted by atomic mass is 16.2. The van der Waals surface area contributed by atoms with Crippen LogP contribution in [0.5, 0.6) is 0 Å². The SMILES string of the molecule is CCNC(=O)C1(C)CC2CCC1CC2. The Morgan fingerprint density at radius 3 is 2.43 bits per heavy atom. The van der Waals surface area contributed by atoms with E-state index in [0.717, 1.165) is 18.9 Å². The summed E-state index contributed by atoms with van der Waals surface area (Å²) in [4.78, 5) is 12.0. The summed E-state index contributed by atoms with van der Waals surface area (Å²) in [7, 11) is 0. The lowest BCUT2D eigenvalue weighted by Gasteiger charge is -2.48. The summed E-state index contributed by atoms with van der Waals surface area (Å²) in [5.41, 5.74) is -0.0445. The minimum Gasteiger partial charge on any atom is -0.356 e. The molecule has 0 aliphatic heterocycles. The maximum absolute atomic E-state index is 12.0. The van der Waals surface area contributed by atoms with E-state index < -0.39 is 0 Å². The average molecular weight is 195 g/mol. The summed E-state index contributed by atoms with van der Waals surface area (Å²) in [5.74, 6) is 1.78. The topological polar surface area (TPSA) is 29.1 Å². The van der Waals surface area contributed by atoms with Gasteiger partial charge < -0.3 is 5.32 Å². The molecule has 2 heteroatoms. The Labute approximate surface area is 86.5 Å². The molecule has 14 heavy (non-hydrogen) atoms. The van der Waals surface area contributed by atoms with Crippen molar-refractivity contribution < 1.29 is 4.79 Å². The van der Waals surface area contributed by atoms with E-state index in [-0.39, 0.29) is 5.41 Å². The van der Waals surface area contributed by atoms with Gasteiger partial charge in [0, 0.05) is 12.0 Å². The van der Waals surface area contributed by atoms with Crippen LogP contribution in [0.2, 0.25) is 0 Å². The molecule has 3 aliphatic rings. The average Bonchev–Trinajstić information content (AvgIpc) is 2.19. The van der Waals surface area contributed by atoms with E-state index in [1.807, 2.05) is 6.92 Å². The molecule has 3 saturated carbocycles. The molecule has 1 atom stereocenters. The lowest BCUT2D eigenvalue weighted by molar-refractivity contribution is -0.139. The third-order valence-corrected chi connectivity index (χ3v) is 4.32. The third-order valence-electron chi connectivity index (χ3n) is 4.32. The Kier molecular flexibility index (Phi) is 2.54. The van der Waals surface area contributed by atoms with Crippen LogP contribution in [0.15, 0.2) is 0 Å². The van der Waals surface area contributed by atoms with Crippen LogP contribution < -0.4 is 5.32 Å². The largest absolute Gasteiger partial charge is 0.356 e. The van der Waals surface area contributed by atoms with Gasteiger partial charge >= 0.3 is 0 Å². The number of hydrogen-bond acceptors (Lipinski definition) is 1. The molecule has 3 fully saturated rings. The molecule has 0 heterocycles. The number of carbonyl (C=O) groups is 1. The van der Waals surface area contributed by atoms with Gasteiger partial charge in [-0.2, -0.15) is 0 Å². The summed E-state index contributed by atoms with van der Waals surface area (Å²) in [5, 5.41) is 3.00. The molecule has 3 aliphatic carbocycles. The number of carbonyl (C=O) groups excluding carboxylic acids is 1. The normalized spacial score (nSPS) is 41.0. The quantitative estimate of drug-likeness (QED) is 0.720. The Bertz CT molecular complexity index is 230. The first kappa shape index (κ1) is 10.0. The van der Waals surface area contributed by atoms with Crippen molar-refractivity contribution in [1.29, 1.82) is 0 Å². The van der Waals surface area contributed by atoms with Crippen LogP contribution in [0.1, 0.15) is 46.0 Å². The van der Waals surface area contributed by atoms with Crippen molar-refractivity contribution in [3.63, 3.8) is 0 Å². The summed E-state index contributed by atoms with van der Waals surface area (Å²) in [6.45, 7) is 4.95. The number of rotatable bonds is 2. The first-order valence-corrected chi connectivity index (χ1v) is 5.95. The number of hydrogen-bond donors (Lipinski definition) is 1. The fourth-order valence-electron chi connectivity index (χ4n) is 3.41. The van der Waals surface area contributed by atoms with Crippen LogP contribution in [-0.4, -0.2) is 12.5 Å². The second-order valence-corrected chi connectivity index (χ2v) is 5.20. The molecule has 0 saturated heterocycles. The van der Waals surface area contributed by atoms with E-state index in [4.69, 9.17) is 0 Å². The second kappa shape index (κ2) is 3.56. The molecule has 0 aromatic carbocycles. The van der Waals surface area contributed by atoms with Gasteiger partial charge in [0.2, 0.25) is 5.91 Å². The Hall–Kier alpha value is -0.530. The second-order valence-electron chi connectivity index (χ2n) is 5.20. The van der Waals surface area contributed by atoms with Gasteiger partial charge in [0.05, 0.1) is 0 Å². The highest BCUT2D eigenvalue weighted by Gasteiger charge is 2.48. The molecule has 2 nitrogen and oxygen atoms in total. The summed E-state index contributed by atoms with van der Waals surface area (Å²) >= 11 is 0. The lowest BCUT2D eigenvalue weighted by atomic mass is 9.56. The molecule has 80 valence electrons. The van der Waals surface area contributed by atoms with Crippen molar-refractivity contribution in [3.8, 4) is 0 Å². The maximum Gasteiger partial charge on any atom is 0.226 e. The van der Waals surface area contributed by atoms with Crippen LogP contribution in [0.4, 0.5) is 0 Å². The summed E-state index contributed by atoms with van der Waals surface area (Å²) in [6, 6.07) is 0. The maximum atomic E-state index is 12.0. The zero-order valence-electron chi connectivity index (χ0n) is 9.31. The minimum absolute atomic E-state index is 0.0445. The standard InChI is InChI=1S/C12H21NO/c1-3-13-11(14)12(2)8-9-4-6-10(12)7-5-9/h9-10H,3-8H2,1-2H3,(H,13,14). The van der Waals surface area contributed by atoms with Crippen molar-refractivity contribution in [2.24, 2.45) is 17.3 Å². The smallest absolute Gasteiger partial charge is 0.226 e. The van der Waals surface area contributed by atoms with Crippen LogP contribution in [0.3, 0.4) is 0 Å². The van der Waals surface area contributed by atoms with E-state index in [0.29, 0.717) is 11.8 Å². The molecule has 0 aromatic heterocycles. The number of nitrogens with one attached hydrogen (secondary N) is 1. The molecule has 2 bridgehead atoms. The lowest BCUT2D eigenvalue weighted by Crippen LogP contribution is -2.50. The van der Waals surface area contributed by atoms with Gasteiger partial charge in [0.25, 0.3) is 0 Å². The molecule has 0 spiro atoms. The zero-order chi connectivity index (χ0) is 10.2. The van der Waals surface area contributed by atoms with E-state index in [2.05, 4.69) is 12.2 Å². The van der Waals surface area contributed by atoms with Crippen molar-refractivity contribution >= 4 is 5.91 Å². The first-order chi connectivity index (χ1) is 6.66. The van der Waals surface area contributed by atoms with E-state index >= 15 is 0 Å². The fourth-order valence-corrected chi connectivity index (χ4v) is 3.41. The van der Waals surface area contributed by atoms with Gasteiger partial charge in [-0.3, -0.25) is 4.79 Å². The third kappa shape index (κ3) is 1.45. The van der Waals surface area contributed by atoms with E-state index in [9.17, 15) is 4.79 Å². The zero-order valence-corrected chi connectivity index (χ0v) is 9.31. The van der Waals surface area contributed by atoms with Gasteiger partial charge in [-0.25, -0.2) is 0 Å². The molecule has 1 N–H and O–H groups in total. The fraction of sp³-hybridized carbons (Fsp3) is 0.917. The molecule has 0 radical (unpaired) electrons. The molecule has 0 aromatic rings. The highest BCUT2D eigenvalue weighted by Crippen LogP contribution is 2.52. The molecule has 1 amide bonds. The van der Waals surface area contributed by atoms with Gasteiger partial charge in [0.1, 0.15) is 0 Å². The summed E-state index contributed by atoms with van der Waals surface area (Å²) < 4.78 is 0. The Morgan fingerprint density at radius 2 is 2.00 bits per heavy atom. The molecular weight excluding hydrogens is 174 g/mol. The number of amides is 1. The van der Waals surface area contributed by atoms with Gasteiger partial charge in [0.15, 0.2) is 0 Å². The van der Waals surface area contributed by atoms with Crippen molar-refractivity contribution in [2.45, 2.75) is 46.0 Å². The summed E-state index contributed by atoms with van der Waals surface area (Å²) in [6.07, 6.45) is 6.40. The van der Waals surface area contributed by atoms with E-state index in [1.54, 1.807) is 0 Å². The predicted molar refractivity (Wildman–Crippen MR) is 56.9 cm³/mol. The van der Waals surface area contributed by atoms with E-state index in [1.165, 1.54) is 25.7 Å². The van der Waals surface area contributed by atoms with Gasteiger partial charge in [-0.05, 0) is 38.0 Å². The van der Waals surface area contributed by atoms with Gasteiger partial charge in [-0.15, -0.1) is 0 Å². The van der Waals surface area contributed by atoms with Crippen LogP contribution in [0.25, 0.3) is 0 Å². The molecular formula is C12H21NO. The van der Waals surface area contributed by atoms with Crippen LogP contribution in [-0.2, 0) is 4.79 Å². The van der Waals surface area contributed by atoms with Gasteiger partial charge in [-0.1, -0.05) is 19.8 Å². The monoisotopic (exact) mass is 195 g/mol. The highest BCUT2D eigenvalue weighted by molar-refractivity contribution is 5.82. The number of fused-ring (bicyclic) bond motifs is 3. The Morgan fingerprint density at radius 1 is 1.36 bits per heavy atom. The van der Waals surface area contributed by atoms with Crippen molar-refractivity contribution in [1.82, 2.24) is 5.32 Å². The van der Waals surface area contributed by atoms with Crippen molar-refractivity contribution in [3.05, 3.63) is 0 Å². The minimum atomic E-state index is -0.0445.